The van der Waals surface area contributed by atoms with Crippen LogP contribution >= 0.6 is 0 Å². The number of sulfonamides is 1. The molecule has 5 nitrogen and oxygen atoms in total. The Kier molecular flexibility index (Phi) is 6.55. The normalized spacial score (nSPS) is 18.7. The highest BCUT2D eigenvalue weighted by Gasteiger charge is 2.23. The van der Waals surface area contributed by atoms with E-state index in [1.54, 1.807) is 6.92 Å². The summed E-state index contributed by atoms with van der Waals surface area (Å²) in [7, 11) is -3.07. The molecule has 0 aromatic carbocycles. The van der Waals surface area contributed by atoms with Crippen LogP contribution in [-0.2, 0) is 14.8 Å². The van der Waals surface area contributed by atoms with Crippen molar-refractivity contribution in [3.63, 3.8) is 0 Å². The minimum Gasteiger partial charge on any atom is -0.381 e. The minimum atomic E-state index is -3.07. The lowest BCUT2D eigenvalue weighted by Gasteiger charge is -2.37. The molecule has 0 aromatic rings. The maximum Gasteiger partial charge on any atom is 0.211 e. The van der Waals surface area contributed by atoms with E-state index >= 15 is 0 Å². The molecule has 1 rings (SSSR count). The van der Waals surface area contributed by atoms with Crippen molar-refractivity contribution in [1.29, 1.82) is 0 Å². The predicted octanol–water partition coefficient (Wildman–Crippen LogP) is 0.815. The third-order valence-electron chi connectivity index (χ3n) is 3.40. The summed E-state index contributed by atoms with van der Waals surface area (Å²) < 4.78 is 30.8. The number of hydrogen-bond acceptors (Lipinski definition) is 4. The van der Waals surface area contributed by atoms with E-state index in [0.29, 0.717) is 18.6 Å². The highest BCUT2D eigenvalue weighted by molar-refractivity contribution is 7.89. The van der Waals surface area contributed by atoms with E-state index in [1.807, 2.05) is 0 Å². The molecule has 1 aliphatic heterocycles. The molecule has 0 unspecified atom stereocenters. The van der Waals surface area contributed by atoms with Crippen LogP contribution in [0.25, 0.3) is 0 Å². The van der Waals surface area contributed by atoms with E-state index in [4.69, 9.17) is 4.74 Å². The lowest BCUT2D eigenvalue weighted by molar-refractivity contribution is 0.0235. The first-order valence-electron chi connectivity index (χ1n) is 6.77. The summed E-state index contributed by atoms with van der Waals surface area (Å²) in [5.41, 5.74) is 0. The summed E-state index contributed by atoms with van der Waals surface area (Å²) in [5, 5.41) is 0. The smallest absolute Gasteiger partial charge is 0.211 e. The van der Waals surface area contributed by atoms with Crippen LogP contribution in [0.4, 0.5) is 0 Å². The van der Waals surface area contributed by atoms with E-state index < -0.39 is 10.0 Å². The Hall–Kier alpha value is -0.170. The Labute approximate surface area is 111 Å². The molecule has 0 spiro atoms. The van der Waals surface area contributed by atoms with Crippen LogP contribution in [0.1, 0.15) is 33.6 Å². The Morgan fingerprint density at radius 1 is 1.33 bits per heavy atom. The van der Waals surface area contributed by atoms with Gasteiger partial charge in [0.1, 0.15) is 0 Å². The number of ether oxygens (including phenoxy) is 1. The topological polar surface area (TPSA) is 58.6 Å². The molecule has 0 aromatic heterocycles. The Bertz CT molecular complexity index is 324. The minimum absolute atomic E-state index is 0.145. The fourth-order valence-electron chi connectivity index (χ4n) is 2.31. The number of rotatable bonds is 7. The average Bonchev–Trinajstić information content (AvgIpc) is 2.35. The molecule has 18 heavy (non-hydrogen) atoms. The van der Waals surface area contributed by atoms with Gasteiger partial charge in [0.2, 0.25) is 10.0 Å². The van der Waals surface area contributed by atoms with Crippen LogP contribution in [0.5, 0.6) is 0 Å². The van der Waals surface area contributed by atoms with Crippen LogP contribution < -0.4 is 4.72 Å². The summed E-state index contributed by atoms with van der Waals surface area (Å²) >= 11 is 0. The average molecular weight is 278 g/mol. The molecule has 1 heterocycles. The Morgan fingerprint density at radius 2 is 1.94 bits per heavy atom. The van der Waals surface area contributed by atoms with E-state index in [2.05, 4.69) is 23.5 Å². The SMILES string of the molecule is CCS(=O)(=O)NCCN(C(C)C)C1CCOCC1. The molecule has 0 aliphatic carbocycles. The van der Waals surface area contributed by atoms with Gasteiger partial charge >= 0.3 is 0 Å². The van der Waals surface area contributed by atoms with E-state index in [0.717, 1.165) is 32.6 Å². The van der Waals surface area contributed by atoms with Gasteiger partial charge in [-0.15, -0.1) is 0 Å². The van der Waals surface area contributed by atoms with Crippen LogP contribution in [0.15, 0.2) is 0 Å². The third kappa shape index (κ3) is 5.22. The van der Waals surface area contributed by atoms with Gasteiger partial charge in [-0.1, -0.05) is 0 Å². The lowest BCUT2D eigenvalue weighted by atomic mass is 10.1. The van der Waals surface area contributed by atoms with Gasteiger partial charge in [0, 0.05) is 38.4 Å². The summed E-state index contributed by atoms with van der Waals surface area (Å²) in [4.78, 5) is 2.38. The largest absolute Gasteiger partial charge is 0.381 e. The van der Waals surface area contributed by atoms with Crippen molar-refractivity contribution < 1.29 is 13.2 Å². The third-order valence-corrected chi connectivity index (χ3v) is 4.80. The van der Waals surface area contributed by atoms with Gasteiger partial charge in [-0.2, -0.15) is 0 Å². The molecule has 1 saturated heterocycles. The van der Waals surface area contributed by atoms with E-state index in [1.165, 1.54) is 0 Å². The van der Waals surface area contributed by atoms with Gasteiger partial charge in [-0.05, 0) is 33.6 Å². The molecule has 1 N–H and O–H groups in total. The van der Waals surface area contributed by atoms with Gasteiger partial charge in [0.05, 0.1) is 5.75 Å². The Balaban J connectivity index is 2.43. The standard InChI is InChI=1S/C12H26N2O3S/c1-4-18(15,16)13-7-8-14(11(2)3)12-5-9-17-10-6-12/h11-13H,4-10H2,1-3H3. The Morgan fingerprint density at radius 3 is 2.44 bits per heavy atom. The second-order valence-electron chi connectivity index (χ2n) is 4.97. The fraction of sp³-hybridized carbons (Fsp3) is 1.00. The van der Waals surface area contributed by atoms with Crippen molar-refractivity contribution in [2.45, 2.75) is 45.7 Å². The molecule has 0 bridgehead atoms. The summed E-state index contributed by atoms with van der Waals surface area (Å²) in [6, 6.07) is 0.948. The molecule has 1 fully saturated rings. The van der Waals surface area contributed by atoms with Crippen molar-refractivity contribution in [3.8, 4) is 0 Å². The predicted molar refractivity (Wildman–Crippen MR) is 73.1 cm³/mol. The van der Waals surface area contributed by atoms with E-state index in [9.17, 15) is 8.42 Å². The van der Waals surface area contributed by atoms with E-state index in [-0.39, 0.29) is 5.75 Å². The van der Waals surface area contributed by atoms with Gasteiger partial charge in [0.15, 0.2) is 0 Å². The van der Waals surface area contributed by atoms with Gasteiger partial charge in [-0.3, -0.25) is 4.90 Å². The first-order chi connectivity index (χ1) is 8.46. The molecule has 1 aliphatic rings. The summed E-state index contributed by atoms with van der Waals surface area (Å²) in [6.07, 6.45) is 2.08. The molecule has 6 heteroatoms. The van der Waals surface area contributed by atoms with Gasteiger partial charge < -0.3 is 4.74 Å². The summed E-state index contributed by atoms with van der Waals surface area (Å²) in [5.74, 6) is 0.145. The highest BCUT2D eigenvalue weighted by atomic mass is 32.2. The zero-order valence-electron chi connectivity index (χ0n) is 11.7. The number of nitrogens with zero attached hydrogens (tertiary/aromatic N) is 1. The number of hydrogen-bond donors (Lipinski definition) is 1. The van der Waals surface area contributed by atoms with Crippen molar-refractivity contribution in [2.24, 2.45) is 0 Å². The van der Waals surface area contributed by atoms with Crippen LogP contribution in [0.3, 0.4) is 0 Å². The van der Waals surface area contributed by atoms with Crippen molar-refractivity contribution in [2.75, 3.05) is 32.1 Å². The van der Waals surface area contributed by atoms with Crippen LogP contribution in [0, 0.1) is 0 Å². The number of nitrogens with one attached hydrogen (secondary N) is 1. The lowest BCUT2D eigenvalue weighted by Crippen LogP contribution is -2.47. The quantitative estimate of drug-likeness (QED) is 0.749. The fourth-order valence-corrected chi connectivity index (χ4v) is 2.92. The summed E-state index contributed by atoms with van der Waals surface area (Å²) in [6.45, 7) is 8.85. The first kappa shape index (κ1) is 15.9. The molecule has 0 atom stereocenters. The van der Waals surface area contributed by atoms with Crippen molar-refractivity contribution >= 4 is 10.0 Å². The zero-order chi connectivity index (χ0) is 13.6. The molecule has 0 amide bonds. The van der Waals surface area contributed by atoms with Crippen LogP contribution in [0.2, 0.25) is 0 Å². The monoisotopic (exact) mass is 278 g/mol. The second kappa shape index (κ2) is 7.43. The first-order valence-corrected chi connectivity index (χ1v) is 8.42. The molecule has 0 saturated carbocycles. The highest BCUT2D eigenvalue weighted by Crippen LogP contribution is 2.16. The maximum atomic E-state index is 11.4. The second-order valence-corrected chi connectivity index (χ2v) is 7.07. The maximum absolute atomic E-state index is 11.4. The van der Waals surface area contributed by atoms with Crippen molar-refractivity contribution in [1.82, 2.24) is 9.62 Å². The van der Waals surface area contributed by atoms with Gasteiger partial charge in [0.25, 0.3) is 0 Å². The molecular weight excluding hydrogens is 252 g/mol. The molecular formula is C12H26N2O3S. The zero-order valence-corrected chi connectivity index (χ0v) is 12.5. The molecule has 108 valence electrons. The van der Waals surface area contributed by atoms with Crippen LogP contribution in [-0.4, -0.2) is 57.5 Å². The molecule has 0 radical (unpaired) electrons. The van der Waals surface area contributed by atoms with Crippen molar-refractivity contribution in [3.05, 3.63) is 0 Å². The van der Waals surface area contributed by atoms with Gasteiger partial charge in [-0.25, -0.2) is 13.1 Å².